The van der Waals surface area contributed by atoms with Gasteiger partial charge in [0.05, 0.1) is 6.61 Å². The molecule has 0 atom stereocenters. The summed E-state index contributed by atoms with van der Waals surface area (Å²) in [5, 5.41) is 8.30. The maximum absolute atomic E-state index is 6.52. The molecule has 28 heavy (non-hydrogen) atoms. The second-order valence-corrected chi connectivity index (χ2v) is 7.84. The molecule has 152 valence electrons. The third-order valence-electron chi connectivity index (χ3n) is 4.96. The van der Waals surface area contributed by atoms with E-state index in [1.165, 1.54) is 12.8 Å². The van der Waals surface area contributed by atoms with E-state index in [0.29, 0.717) is 41.3 Å². The largest absolute Gasteiger partial charge is 0.490 e. The molecule has 1 aliphatic rings. The molecule has 1 aliphatic heterocycles. The minimum Gasteiger partial charge on any atom is -0.490 e. The molecular weight excluding hydrogens is 395 g/mol. The molecule has 2 aromatic carbocycles. The summed E-state index contributed by atoms with van der Waals surface area (Å²) in [6.45, 7) is 6.83. The fraction of sp³-hybridized carbons (Fsp3) is 0.455. The summed E-state index contributed by atoms with van der Waals surface area (Å²) in [5.74, 6) is 2.07. The van der Waals surface area contributed by atoms with Crippen LogP contribution in [0.15, 0.2) is 36.4 Å². The van der Waals surface area contributed by atoms with E-state index in [-0.39, 0.29) is 0 Å². The van der Waals surface area contributed by atoms with Crippen molar-refractivity contribution in [3.05, 3.63) is 57.6 Å². The summed E-state index contributed by atoms with van der Waals surface area (Å²) in [7, 11) is 0. The number of benzene rings is 2. The smallest absolute Gasteiger partial charge is 0.163 e. The topological polar surface area (TPSA) is 42.5 Å². The van der Waals surface area contributed by atoms with Crippen molar-refractivity contribution in [2.75, 3.05) is 26.2 Å². The molecule has 1 saturated heterocycles. The summed E-state index contributed by atoms with van der Waals surface area (Å²) in [4.78, 5) is 0. The van der Waals surface area contributed by atoms with Gasteiger partial charge in [-0.25, -0.2) is 0 Å². The summed E-state index contributed by atoms with van der Waals surface area (Å²) in [5.41, 5.74) is 1.94. The van der Waals surface area contributed by atoms with Gasteiger partial charge < -0.3 is 20.1 Å². The Hall–Kier alpha value is -1.46. The van der Waals surface area contributed by atoms with Gasteiger partial charge in [-0.05, 0) is 63.0 Å². The normalized spacial score (nSPS) is 14.8. The standard InChI is InChI=1S/C22H28Cl2N2O2/c1-2-27-21-11-18(14-26-13-16-7-9-25-10-8-16)20(24)12-22(21)28-15-17-5-3-4-6-19(17)23/h3-6,11-12,16,25-26H,2,7-10,13-15H2,1H3. The van der Waals surface area contributed by atoms with Gasteiger partial charge in [0.2, 0.25) is 0 Å². The van der Waals surface area contributed by atoms with Gasteiger partial charge in [0.15, 0.2) is 11.5 Å². The minimum atomic E-state index is 0.364. The third-order valence-corrected chi connectivity index (χ3v) is 5.68. The van der Waals surface area contributed by atoms with Gasteiger partial charge >= 0.3 is 0 Å². The molecule has 2 N–H and O–H groups in total. The molecule has 4 nitrogen and oxygen atoms in total. The average Bonchev–Trinajstić information content (AvgIpc) is 2.71. The molecule has 0 bridgehead atoms. The molecule has 0 radical (unpaired) electrons. The van der Waals surface area contributed by atoms with E-state index in [1.54, 1.807) is 0 Å². The lowest BCUT2D eigenvalue weighted by Crippen LogP contribution is -2.33. The Balaban J connectivity index is 1.64. The highest BCUT2D eigenvalue weighted by molar-refractivity contribution is 6.31. The van der Waals surface area contributed by atoms with Crippen molar-refractivity contribution >= 4 is 23.2 Å². The van der Waals surface area contributed by atoms with Crippen molar-refractivity contribution < 1.29 is 9.47 Å². The number of hydrogen-bond acceptors (Lipinski definition) is 4. The summed E-state index contributed by atoms with van der Waals surface area (Å²) in [6, 6.07) is 11.5. The summed E-state index contributed by atoms with van der Waals surface area (Å²) in [6.07, 6.45) is 2.44. The van der Waals surface area contributed by atoms with Crippen molar-refractivity contribution in [2.45, 2.75) is 32.9 Å². The molecule has 0 unspecified atom stereocenters. The highest BCUT2D eigenvalue weighted by Crippen LogP contribution is 2.34. The van der Waals surface area contributed by atoms with E-state index in [1.807, 2.05) is 43.3 Å². The zero-order chi connectivity index (χ0) is 19.8. The van der Waals surface area contributed by atoms with Crippen LogP contribution in [0.3, 0.4) is 0 Å². The first-order valence-corrected chi connectivity index (χ1v) is 10.7. The van der Waals surface area contributed by atoms with Gasteiger partial charge in [0, 0.05) is 28.2 Å². The first kappa shape index (κ1) is 21.3. The molecule has 3 rings (SSSR count). The Morgan fingerprint density at radius 3 is 2.50 bits per heavy atom. The predicted molar refractivity (Wildman–Crippen MR) is 116 cm³/mol. The molecule has 0 aromatic heterocycles. The Morgan fingerprint density at radius 1 is 1.00 bits per heavy atom. The molecule has 0 amide bonds. The fourth-order valence-corrected chi connectivity index (χ4v) is 3.77. The first-order valence-electron chi connectivity index (χ1n) is 9.90. The van der Waals surface area contributed by atoms with Gasteiger partial charge in [-0.2, -0.15) is 0 Å². The van der Waals surface area contributed by atoms with E-state index in [2.05, 4.69) is 10.6 Å². The van der Waals surface area contributed by atoms with E-state index < -0.39 is 0 Å². The second-order valence-electron chi connectivity index (χ2n) is 7.03. The maximum Gasteiger partial charge on any atom is 0.163 e. The lowest BCUT2D eigenvalue weighted by molar-refractivity contribution is 0.269. The molecule has 2 aromatic rings. The van der Waals surface area contributed by atoms with E-state index in [9.17, 15) is 0 Å². The van der Waals surface area contributed by atoms with Crippen molar-refractivity contribution in [1.82, 2.24) is 10.6 Å². The van der Waals surface area contributed by atoms with Crippen LogP contribution in [0.1, 0.15) is 30.9 Å². The van der Waals surface area contributed by atoms with Crippen LogP contribution in [0.5, 0.6) is 11.5 Å². The lowest BCUT2D eigenvalue weighted by Gasteiger charge is -2.23. The number of nitrogens with one attached hydrogen (secondary N) is 2. The van der Waals surface area contributed by atoms with Crippen LogP contribution in [-0.2, 0) is 13.2 Å². The van der Waals surface area contributed by atoms with Crippen molar-refractivity contribution in [1.29, 1.82) is 0 Å². The molecule has 1 fully saturated rings. The first-order chi connectivity index (χ1) is 13.7. The van der Waals surface area contributed by atoms with E-state index in [4.69, 9.17) is 32.7 Å². The van der Waals surface area contributed by atoms with Gasteiger partial charge in [0.25, 0.3) is 0 Å². The SMILES string of the molecule is CCOc1cc(CNCC2CCNCC2)c(Cl)cc1OCc1ccccc1Cl. The zero-order valence-corrected chi connectivity index (χ0v) is 17.8. The Kier molecular flexibility index (Phi) is 8.28. The molecule has 0 saturated carbocycles. The highest BCUT2D eigenvalue weighted by atomic mass is 35.5. The van der Waals surface area contributed by atoms with Gasteiger partial charge in [-0.1, -0.05) is 41.4 Å². The van der Waals surface area contributed by atoms with E-state index in [0.717, 1.165) is 36.7 Å². The Labute approximate surface area is 177 Å². The number of rotatable bonds is 9. The van der Waals surface area contributed by atoms with Crippen molar-refractivity contribution in [2.24, 2.45) is 5.92 Å². The Bertz CT molecular complexity index is 764. The van der Waals surface area contributed by atoms with Crippen molar-refractivity contribution in [3.63, 3.8) is 0 Å². The number of halogens is 2. The van der Waals surface area contributed by atoms with Crippen LogP contribution in [0, 0.1) is 5.92 Å². The van der Waals surface area contributed by atoms with E-state index >= 15 is 0 Å². The fourth-order valence-electron chi connectivity index (χ4n) is 3.36. The molecule has 0 aliphatic carbocycles. The Morgan fingerprint density at radius 2 is 1.75 bits per heavy atom. The minimum absolute atomic E-state index is 0.364. The zero-order valence-electron chi connectivity index (χ0n) is 16.3. The van der Waals surface area contributed by atoms with Gasteiger partial charge in [-0.3, -0.25) is 0 Å². The molecule has 6 heteroatoms. The van der Waals surface area contributed by atoms with Crippen LogP contribution < -0.4 is 20.1 Å². The van der Waals surface area contributed by atoms with Crippen LogP contribution in [0.2, 0.25) is 10.0 Å². The number of hydrogen-bond donors (Lipinski definition) is 2. The van der Waals surface area contributed by atoms with Crippen LogP contribution >= 0.6 is 23.2 Å². The predicted octanol–water partition coefficient (Wildman–Crippen LogP) is 5.06. The van der Waals surface area contributed by atoms with Gasteiger partial charge in [-0.15, -0.1) is 0 Å². The quantitative estimate of drug-likeness (QED) is 0.592. The molecule has 0 spiro atoms. The van der Waals surface area contributed by atoms with Crippen LogP contribution in [-0.4, -0.2) is 26.2 Å². The molecular formula is C22H28Cl2N2O2. The maximum atomic E-state index is 6.52. The summed E-state index contributed by atoms with van der Waals surface area (Å²) < 4.78 is 11.8. The second kappa shape index (κ2) is 10.9. The number of piperidine rings is 1. The van der Waals surface area contributed by atoms with Crippen LogP contribution in [0.4, 0.5) is 0 Å². The van der Waals surface area contributed by atoms with Crippen LogP contribution in [0.25, 0.3) is 0 Å². The monoisotopic (exact) mass is 422 g/mol. The number of ether oxygens (including phenoxy) is 2. The average molecular weight is 423 g/mol. The highest BCUT2D eigenvalue weighted by Gasteiger charge is 2.15. The van der Waals surface area contributed by atoms with Gasteiger partial charge in [0.1, 0.15) is 6.61 Å². The summed E-state index contributed by atoms with van der Waals surface area (Å²) >= 11 is 12.7. The lowest BCUT2D eigenvalue weighted by atomic mass is 9.98. The van der Waals surface area contributed by atoms with Crippen molar-refractivity contribution in [3.8, 4) is 11.5 Å². The third kappa shape index (κ3) is 6.02. The molecule has 1 heterocycles.